The minimum Gasteiger partial charge on any atom is -0.488 e. The number of hydrogen-bond acceptors (Lipinski definition) is 3. The maximum atomic E-state index is 12.3. The van der Waals surface area contributed by atoms with Crippen LogP contribution in [0.2, 0.25) is 0 Å². The van der Waals surface area contributed by atoms with E-state index >= 15 is 0 Å². The van der Waals surface area contributed by atoms with Gasteiger partial charge in [-0.2, -0.15) is 0 Å². The Morgan fingerprint density at radius 1 is 1.17 bits per heavy atom. The Kier molecular flexibility index (Phi) is 5.62. The van der Waals surface area contributed by atoms with Gasteiger partial charge in [-0.3, -0.25) is 4.79 Å². The van der Waals surface area contributed by atoms with Crippen LogP contribution in [0.25, 0.3) is 0 Å². The predicted molar refractivity (Wildman–Crippen MR) is 96.8 cm³/mol. The van der Waals surface area contributed by atoms with Gasteiger partial charge in [0.05, 0.1) is 0 Å². The molecule has 0 saturated heterocycles. The lowest BCUT2D eigenvalue weighted by atomic mass is 10.1. The molecule has 128 valence electrons. The Balaban J connectivity index is 2.07. The van der Waals surface area contributed by atoms with E-state index < -0.39 is 6.04 Å². The van der Waals surface area contributed by atoms with Crippen molar-refractivity contribution in [2.45, 2.75) is 45.9 Å². The van der Waals surface area contributed by atoms with Crippen LogP contribution in [0.4, 0.5) is 0 Å². The minimum absolute atomic E-state index is 0.205. The summed E-state index contributed by atoms with van der Waals surface area (Å²) in [5.74, 6) is 0.583. The number of amides is 1. The van der Waals surface area contributed by atoms with Crippen LogP contribution in [-0.2, 0) is 11.3 Å². The quantitative estimate of drug-likeness (QED) is 0.884. The smallest absolute Gasteiger partial charge is 0.241 e. The summed E-state index contributed by atoms with van der Waals surface area (Å²) in [6, 6.07) is 14.6. The van der Waals surface area contributed by atoms with E-state index in [1.807, 2.05) is 76.2 Å². The van der Waals surface area contributed by atoms with Gasteiger partial charge in [0.15, 0.2) is 0 Å². The zero-order valence-corrected chi connectivity index (χ0v) is 14.8. The lowest BCUT2D eigenvalue weighted by Gasteiger charge is -2.24. The Morgan fingerprint density at radius 3 is 2.46 bits per heavy atom. The molecule has 0 aliphatic rings. The molecule has 1 unspecified atom stereocenters. The van der Waals surface area contributed by atoms with Crippen LogP contribution in [-0.4, -0.2) is 11.5 Å². The number of benzene rings is 2. The number of nitrogens with one attached hydrogen (secondary N) is 1. The fraction of sp³-hybridized carbons (Fsp3) is 0.350. The first-order chi connectivity index (χ1) is 11.3. The van der Waals surface area contributed by atoms with E-state index in [0.717, 1.165) is 22.4 Å². The largest absolute Gasteiger partial charge is 0.488 e. The highest BCUT2D eigenvalue weighted by Crippen LogP contribution is 2.25. The summed E-state index contributed by atoms with van der Waals surface area (Å²) in [7, 11) is 0. The molecule has 4 heteroatoms. The van der Waals surface area contributed by atoms with Crippen molar-refractivity contribution >= 4 is 5.91 Å². The molecule has 0 bridgehead atoms. The molecule has 1 amide bonds. The molecule has 2 rings (SSSR count). The second-order valence-corrected chi connectivity index (χ2v) is 6.93. The lowest BCUT2D eigenvalue weighted by Crippen LogP contribution is -2.34. The van der Waals surface area contributed by atoms with Crippen LogP contribution in [0.3, 0.4) is 0 Å². The molecule has 24 heavy (non-hydrogen) atoms. The van der Waals surface area contributed by atoms with Gasteiger partial charge in [-0.05, 0) is 44.9 Å². The first-order valence-electron chi connectivity index (χ1n) is 8.13. The molecule has 4 nitrogen and oxygen atoms in total. The monoisotopic (exact) mass is 326 g/mol. The van der Waals surface area contributed by atoms with Gasteiger partial charge in [-0.1, -0.05) is 42.5 Å². The Labute approximate surface area is 144 Å². The number of ether oxygens (including phenoxy) is 1. The van der Waals surface area contributed by atoms with E-state index in [9.17, 15) is 4.79 Å². The molecular weight excluding hydrogens is 300 g/mol. The van der Waals surface area contributed by atoms with E-state index in [4.69, 9.17) is 10.5 Å². The summed E-state index contributed by atoms with van der Waals surface area (Å²) >= 11 is 0. The molecule has 0 aliphatic heterocycles. The summed E-state index contributed by atoms with van der Waals surface area (Å²) in [6.45, 7) is 8.41. The first-order valence-corrected chi connectivity index (χ1v) is 8.13. The predicted octanol–water partition coefficient (Wildman–Crippen LogP) is 3.49. The van der Waals surface area contributed by atoms with Crippen LogP contribution < -0.4 is 15.8 Å². The fourth-order valence-corrected chi connectivity index (χ4v) is 2.34. The zero-order chi connectivity index (χ0) is 17.7. The van der Waals surface area contributed by atoms with Crippen LogP contribution in [0.15, 0.2) is 48.5 Å². The normalized spacial score (nSPS) is 12.5. The number of hydrogen-bond donors (Lipinski definition) is 2. The highest BCUT2D eigenvalue weighted by Gasteiger charge is 2.18. The molecule has 0 spiro atoms. The molecule has 0 radical (unpaired) electrons. The van der Waals surface area contributed by atoms with Crippen molar-refractivity contribution in [2.24, 2.45) is 5.73 Å². The van der Waals surface area contributed by atoms with Crippen molar-refractivity contribution in [2.75, 3.05) is 0 Å². The third kappa shape index (κ3) is 5.10. The fourth-order valence-electron chi connectivity index (χ4n) is 2.34. The molecule has 3 N–H and O–H groups in total. The molecule has 0 heterocycles. The lowest BCUT2D eigenvalue weighted by molar-refractivity contribution is -0.122. The maximum absolute atomic E-state index is 12.3. The van der Waals surface area contributed by atoms with Gasteiger partial charge in [-0.25, -0.2) is 0 Å². The molecule has 1 atom stereocenters. The number of rotatable bonds is 5. The number of aryl methyl sites for hydroxylation is 1. The van der Waals surface area contributed by atoms with Crippen molar-refractivity contribution in [1.82, 2.24) is 5.32 Å². The molecule has 0 aliphatic carbocycles. The number of carbonyl (C=O) groups is 1. The third-order valence-electron chi connectivity index (χ3n) is 3.53. The highest BCUT2D eigenvalue weighted by molar-refractivity contribution is 5.82. The minimum atomic E-state index is -0.677. The average molecular weight is 326 g/mol. The average Bonchev–Trinajstić information content (AvgIpc) is 2.52. The van der Waals surface area contributed by atoms with Crippen LogP contribution >= 0.6 is 0 Å². The van der Waals surface area contributed by atoms with E-state index in [2.05, 4.69) is 5.32 Å². The van der Waals surface area contributed by atoms with Gasteiger partial charge in [-0.15, -0.1) is 0 Å². The molecule has 0 saturated carbocycles. The second-order valence-electron chi connectivity index (χ2n) is 6.93. The van der Waals surface area contributed by atoms with E-state index in [-0.39, 0.29) is 11.5 Å². The molecule has 2 aromatic carbocycles. The maximum Gasteiger partial charge on any atom is 0.241 e. The van der Waals surface area contributed by atoms with Gasteiger partial charge >= 0.3 is 0 Å². The van der Waals surface area contributed by atoms with Gasteiger partial charge in [0.2, 0.25) is 5.91 Å². The number of nitrogens with two attached hydrogens (primary N) is 1. The van der Waals surface area contributed by atoms with Gasteiger partial charge < -0.3 is 15.8 Å². The van der Waals surface area contributed by atoms with Crippen LogP contribution in [0, 0.1) is 6.92 Å². The topological polar surface area (TPSA) is 64.4 Å². The Hall–Kier alpha value is -2.33. The van der Waals surface area contributed by atoms with E-state index in [0.29, 0.717) is 6.54 Å². The van der Waals surface area contributed by atoms with E-state index in [1.54, 1.807) is 0 Å². The van der Waals surface area contributed by atoms with Crippen LogP contribution in [0.1, 0.15) is 43.5 Å². The van der Waals surface area contributed by atoms with Gasteiger partial charge in [0, 0.05) is 12.1 Å². The Morgan fingerprint density at radius 2 is 1.83 bits per heavy atom. The molecule has 2 aromatic rings. The van der Waals surface area contributed by atoms with E-state index in [1.165, 1.54) is 0 Å². The van der Waals surface area contributed by atoms with Crippen molar-refractivity contribution < 1.29 is 9.53 Å². The van der Waals surface area contributed by atoms with Crippen molar-refractivity contribution in [3.8, 4) is 5.75 Å². The van der Waals surface area contributed by atoms with Crippen molar-refractivity contribution in [3.05, 3.63) is 65.2 Å². The van der Waals surface area contributed by atoms with Crippen LogP contribution in [0.5, 0.6) is 5.75 Å². The van der Waals surface area contributed by atoms with Crippen molar-refractivity contribution in [1.29, 1.82) is 0 Å². The third-order valence-corrected chi connectivity index (χ3v) is 3.53. The highest BCUT2D eigenvalue weighted by atomic mass is 16.5. The SMILES string of the molecule is Cc1ccc(CNC(=O)C(N)c2ccccc2)c(OC(C)(C)C)c1. The second kappa shape index (κ2) is 7.49. The Bertz CT molecular complexity index is 691. The standard InChI is InChI=1S/C20H26N2O2/c1-14-10-11-16(17(12-14)24-20(2,3)4)13-22-19(23)18(21)15-8-6-5-7-9-15/h5-12,18H,13,21H2,1-4H3,(H,22,23). The zero-order valence-electron chi connectivity index (χ0n) is 14.8. The molecule has 0 fully saturated rings. The molecule has 0 aromatic heterocycles. The first kappa shape index (κ1) is 18.0. The molecular formula is C20H26N2O2. The summed E-state index contributed by atoms with van der Waals surface area (Å²) in [5, 5.41) is 2.90. The van der Waals surface area contributed by atoms with Gasteiger partial charge in [0.1, 0.15) is 17.4 Å². The summed E-state index contributed by atoms with van der Waals surface area (Å²) in [6.07, 6.45) is 0. The summed E-state index contributed by atoms with van der Waals surface area (Å²) in [4.78, 5) is 12.3. The summed E-state index contributed by atoms with van der Waals surface area (Å²) < 4.78 is 6.01. The summed E-state index contributed by atoms with van der Waals surface area (Å²) in [5.41, 5.74) is 8.57. The number of carbonyl (C=O) groups excluding carboxylic acids is 1. The van der Waals surface area contributed by atoms with Crippen molar-refractivity contribution in [3.63, 3.8) is 0 Å². The van der Waals surface area contributed by atoms with Gasteiger partial charge in [0.25, 0.3) is 0 Å².